The highest BCUT2D eigenvalue weighted by Crippen LogP contribution is 2.14. The van der Waals surface area contributed by atoms with Crippen molar-refractivity contribution >= 4 is 12.0 Å². The fourth-order valence-electron chi connectivity index (χ4n) is 2.09. The maximum atomic E-state index is 12.1. The van der Waals surface area contributed by atoms with E-state index >= 15 is 0 Å². The van der Waals surface area contributed by atoms with Crippen LogP contribution >= 0.6 is 0 Å². The Morgan fingerprint density at radius 2 is 1.81 bits per heavy atom. The molecule has 5 nitrogen and oxygen atoms in total. The molecule has 1 aromatic rings. The largest absolute Gasteiger partial charge is 0.480 e. The summed E-state index contributed by atoms with van der Waals surface area (Å²) in [7, 11) is 1.67. The number of hydrogen-bond acceptors (Lipinski definition) is 2. The molecule has 0 saturated heterocycles. The number of carboxylic acid groups (broad SMARTS) is 1. The molecule has 1 aromatic carbocycles. The van der Waals surface area contributed by atoms with Gasteiger partial charge in [-0.1, -0.05) is 51.1 Å². The Morgan fingerprint density at radius 3 is 2.29 bits per heavy atom. The van der Waals surface area contributed by atoms with E-state index in [0.717, 1.165) is 5.56 Å². The molecule has 2 amide bonds. The molecule has 5 heteroatoms. The number of aliphatic carboxylic acids is 1. The molecule has 0 heterocycles. The third kappa shape index (κ3) is 6.29. The van der Waals surface area contributed by atoms with Gasteiger partial charge in [0.05, 0.1) is 0 Å². The van der Waals surface area contributed by atoms with Crippen LogP contribution < -0.4 is 5.32 Å². The van der Waals surface area contributed by atoms with Crippen LogP contribution in [-0.4, -0.2) is 41.6 Å². The van der Waals surface area contributed by atoms with Crippen LogP contribution in [0.5, 0.6) is 0 Å². The van der Waals surface area contributed by atoms with Gasteiger partial charge in [0.1, 0.15) is 6.04 Å². The van der Waals surface area contributed by atoms with Gasteiger partial charge in [-0.05, 0) is 11.0 Å². The Balaban J connectivity index is 2.66. The molecule has 1 rings (SSSR count). The number of carbonyl (C=O) groups is 2. The summed E-state index contributed by atoms with van der Waals surface area (Å²) >= 11 is 0. The fraction of sp³-hybridized carbons (Fsp3) is 0.500. The van der Waals surface area contributed by atoms with E-state index in [0.29, 0.717) is 6.54 Å². The van der Waals surface area contributed by atoms with Crippen LogP contribution in [0.4, 0.5) is 4.79 Å². The Labute approximate surface area is 126 Å². The van der Waals surface area contributed by atoms with Crippen molar-refractivity contribution in [1.82, 2.24) is 10.2 Å². The first-order chi connectivity index (χ1) is 9.69. The quantitative estimate of drug-likeness (QED) is 0.875. The number of carbonyl (C=O) groups excluding carboxylic acids is 1. The molecule has 21 heavy (non-hydrogen) atoms. The highest BCUT2D eigenvalue weighted by molar-refractivity contribution is 5.82. The van der Waals surface area contributed by atoms with E-state index < -0.39 is 12.0 Å². The number of benzene rings is 1. The molecule has 0 aliphatic carbocycles. The lowest BCUT2D eigenvalue weighted by Gasteiger charge is -2.28. The number of carboxylic acids is 1. The van der Waals surface area contributed by atoms with Crippen molar-refractivity contribution in [3.8, 4) is 0 Å². The van der Waals surface area contributed by atoms with Crippen LogP contribution in [0.15, 0.2) is 30.3 Å². The molecule has 0 spiro atoms. The number of hydrogen-bond donors (Lipinski definition) is 2. The average Bonchev–Trinajstić information content (AvgIpc) is 2.36. The van der Waals surface area contributed by atoms with Crippen molar-refractivity contribution in [1.29, 1.82) is 0 Å². The van der Waals surface area contributed by atoms with Crippen LogP contribution in [0, 0.1) is 5.41 Å². The third-order valence-electron chi connectivity index (χ3n) is 2.94. The topological polar surface area (TPSA) is 69.6 Å². The van der Waals surface area contributed by atoms with E-state index in [9.17, 15) is 14.7 Å². The minimum absolute atomic E-state index is 0.0375. The molecule has 116 valence electrons. The van der Waals surface area contributed by atoms with Crippen molar-refractivity contribution in [3.63, 3.8) is 0 Å². The first-order valence-electron chi connectivity index (χ1n) is 6.97. The number of amides is 2. The van der Waals surface area contributed by atoms with Crippen LogP contribution in [0.25, 0.3) is 0 Å². The molecular formula is C16H24N2O3. The predicted molar refractivity (Wildman–Crippen MR) is 82.2 cm³/mol. The predicted octanol–water partition coefficient (Wildman–Crippen LogP) is 2.37. The zero-order valence-corrected chi connectivity index (χ0v) is 13.1. The molecule has 0 bridgehead atoms. The minimum Gasteiger partial charge on any atom is -0.480 e. The SMILES string of the molecule is CN(CC(C)(C)C)C(=O)N[C@H](Cc1ccccc1)C(=O)O. The van der Waals surface area contributed by atoms with Crippen LogP contribution in [0.3, 0.4) is 0 Å². The Kier molecular flexibility index (Phi) is 5.76. The molecule has 0 aliphatic rings. The van der Waals surface area contributed by atoms with E-state index in [1.54, 1.807) is 7.05 Å². The lowest BCUT2D eigenvalue weighted by Crippen LogP contribution is -2.49. The summed E-state index contributed by atoms with van der Waals surface area (Å²) in [4.78, 5) is 24.9. The first kappa shape index (κ1) is 17.0. The second-order valence-electron chi connectivity index (χ2n) is 6.45. The summed E-state index contributed by atoms with van der Waals surface area (Å²) in [5.74, 6) is -1.03. The second kappa shape index (κ2) is 7.11. The van der Waals surface area contributed by atoms with Crippen molar-refractivity contribution in [3.05, 3.63) is 35.9 Å². The van der Waals surface area contributed by atoms with Gasteiger partial charge in [-0.3, -0.25) is 0 Å². The van der Waals surface area contributed by atoms with Crippen molar-refractivity contribution in [2.75, 3.05) is 13.6 Å². The first-order valence-corrected chi connectivity index (χ1v) is 6.97. The standard InChI is InChI=1S/C16H24N2O3/c1-16(2,3)11-18(4)15(21)17-13(14(19)20)10-12-8-6-5-7-9-12/h5-9,13H,10-11H2,1-4H3,(H,17,21)(H,19,20)/t13-/m1/s1. The lowest BCUT2D eigenvalue weighted by atomic mass is 9.96. The molecule has 1 atom stereocenters. The van der Waals surface area contributed by atoms with Gasteiger partial charge in [-0.25, -0.2) is 9.59 Å². The Hall–Kier alpha value is -2.04. The molecule has 0 saturated carbocycles. The zero-order valence-electron chi connectivity index (χ0n) is 13.1. The summed E-state index contributed by atoms with van der Waals surface area (Å²) in [6.07, 6.45) is 0.269. The molecular weight excluding hydrogens is 268 g/mol. The van der Waals surface area contributed by atoms with Gasteiger partial charge in [0.25, 0.3) is 0 Å². The number of urea groups is 1. The average molecular weight is 292 g/mol. The molecule has 2 N–H and O–H groups in total. The maximum Gasteiger partial charge on any atom is 0.326 e. The molecule has 0 unspecified atom stereocenters. The smallest absolute Gasteiger partial charge is 0.326 e. The monoisotopic (exact) mass is 292 g/mol. The van der Waals surface area contributed by atoms with Gasteiger partial charge in [-0.15, -0.1) is 0 Å². The summed E-state index contributed by atoms with van der Waals surface area (Å²) in [5.41, 5.74) is 0.841. The zero-order chi connectivity index (χ0) is 16.0. The Morgan fingerprint density at radius 1 is 1.24 bits per heavy atom. The highest BCUT2D eigenvalue weighted by atomic mass is 16.4. The number of rotatable bonds is 5. The van der Waals surface area contributed by atoms with Crippen molar-refractivity contribution in [2.45, 2.75) is 33.2 Å². The van der Waals surface area contributed by atoms with Crippen LogP contribution in [0.1, 0.15) is 26.3 Å². The Bertz CT molecular complexity index is 480. The van der Waals surface area contributed by atoms with E-state index in [4.69, 9.17) is 0 Å². The maximum absolute atomic E-state index is 12.1. The van der Waals surface area contributed by atoms with Gasteiger partial charge < -0.3 is 15.3 Å². The summed E-state index contributed by atoms with van der Waals surface area (Å²) < 4.78 is 0. The van der Waals surface area contributed by atoms with E-state index in [2.05, 4.69) is 5.32 Å². The van der Waals surface area contributed by atoms with E-state index in [1.807, 2.05) is 51.1 Å². The second-order valence-corrected chi connectivity index (χ2v) is 6.45. The van der Waals surface area contributed by atoms with Crippen LogP contribution in [-0.2, 0) is 11.2 Å². The van der Waals surface area contributed by atoms with Gasteiger partial charge >= 0.3 is 12.0 Å². The van der Waals surface area contributed by atoms with Gasteiger partial charge in [0, 0.05) is 20.0 Å². The van der Waals surface area contributed by atoms with Crippen molar-refractivity contribution in [2.24, 2.45) is 5.41 Å². The minimum atomic E-state index is -1.03. The normalized spacial score (nSPS) is 12.6. The molecule has 0 radical (unpaired) electrons. The number of nitrogens with zero attached hydrogens (tertiary/aromatic N) is 1. The summed E-state index contributed by atoms with van der Waals surface area (Å²) in [6.45, 7) is 6.62. The van der Waals surface area contributed by atoms with Crippen LogP contribution in [0.2, 0.25) is 0 Å². The third-order valence-corrected chi connectivity index (χ3v) is 2.94. The van der Waals surface area contributed by atoms with E-state index in [-0.39, 0.29) is 17.9 Å². The molecule has 0 fully saturated rings. The fourth-order valence-corrected chi connectivity index (χ4v) is 2.09. The number of nitrogens with one attached hydrogen (secondary N) is 1. The summed E-state index contributed by atoms with van der Waals surface area (Å²) in [5, 5.41) is 11.8. The van der Waals surface area contributed by atoms with Crippen molar-refractivity contribution < 1.29 is 14.7 Å². The van der Waals surface area contributed by atoms with E-state index in [1.165, 1.54) is 4.90 Å². The summed E-state index contributed by atoms with van der Waals surface area (Å²) in [6, 6.07) is 7.97. The molecule has 0 aliphatic heterocycles. The highest BCUT2D eigenvalue weighted by Gasteiger charge is 2.24. The van der Waals surface area contributed by atoms with Gasteiger partial charge in [0.2, 0.25) is 0 Å². The molecule has 0 aromatic heterocycles. The van der Waals surface area contributed by atoms with Gasteiger partial charge in [0.15, 0.2) is 0 Å². The van der Waals surface area contributed by atoms with Gasteiger partial charge in [-0.2, -0.15) is 0 Å². The lowest BCUT2D eigenvalue weighted by molar-refractivity contribution is -0.139.